The van der Waals surface area contributed by atoms with Crippen LogP contribution in [-0.2, 0) is 10.8 Å². The second-order valence-electron chi connectivity index (χ2n) is 22.2. The second-order valence-corrected chi connectivity index (χ2v) is 22.2. The molecule has 0 radical (unpaired) electrons. The van der Waals surface area contributed by atoms with Gasteiger partial charge in [0.15, 0.2) is 17.5 Å². The third-order valence-electron chi connectivity index (χ3n) is 15.3. The van der Waals surface area contributed by atoms with Crippen molar-refractivity contribution in [1.82, 2.24) is 38.6 Å². The Morgan fingerprint density at radius 1 is 0.299 bits per heavy atom. The molecule has 0 bridgehead atoms. The van der Waals surface area contributed by atoms with Crippen LogP contribution in [0.1, 0.15) is 52.7 Å². The molecule has 14 rings (SSSR count). The van der Waals surface area contributed by atoms with Crippen molar-refractivity contribution in [2.45, 2.75) is 52.4 Å². The van der Waals surface area contributed by atoms with Gasteiger partial charge in [-0.2, -0.15) is 0 Å². The maximum atomic E-state index is 5.10. The lowest BCUT2D eigenvalue weighted by atomic mass is 9.85. The Kier molecular flexibility index (Phi) is 10.5. The molecule has 0 atom stereocenters. The van der Waals surface area contributed by atoms with Crippen molar-refractivity contribution in [2.75, 3.05) is 0 Å². The van der Waals surface area contributed by atoms with Crippen molar-refractivity contribution in [2.24, 2.45) is 0 Å². The van der Waals surface area contributed by atoms with E-state index in [1.165, 1.54) is 21.9 Å². The van der Waals surface area contributed by atoms with Crippen molar-refractivity contribution in [3.8, 4) is 62.4 Å². The summed E-state index contributed by atoms with van der Waals surface area (Å²) in [5.74, 6) is 1.85. The molecule has 77 heavy (non-hydrogen) atoms. The van der Waals surface area contributed by atoms with E-state index in [-0.39, 0.29) is 10.8 Å². The fraction of sp³-hybridized carbons (Fsp3) is 0.116. The first kappa shape index (κ1) is 46.0. The van der Waals surface area contributed by atoms with Gasteiger partial charge in [-0.15, -0.1) is 0 Å². The SMILES string of the molecule is CC(C)(C)c1ccc2c(c1)c1cc(C(C)(C)C)ccc1n2-c1c(-n2c3ccccc3c3ncccc32)cc(-c2ccc(-c3nc(-c4ccccc4)nc(-c4ccccc4)n3)cc2)cc1-n1c2ccccc2c2ncccc21. The normalized spacial score (nSPS) is 12.3. The number of para-hydroxylation sites is 2. The largest absolute Gasteiger partial charge is 0.305 e. The monoisotopic (exact) mass is 994 g/mol. The number of hydrogen-bond acceptors (Lipinski definition) is 5. The Hall–Kier alpha value is -9.53. The Bertz CT molecular complexity index is 4260. The van der Waals surface area contributed by atoms with Gasteiger partial charge in [0.25, 0.3) is 0 Å². The highest BCUT2D eigenvalue weighted by Gasteiger charge is 2.28. The van der Waals surface area contributed by atoms with Crippen LogP contribution in [0.25, 0.3) is 128 Å². The van der Waals surface area contributed by atoms with E-state index in [0.717, 1.165) is 99.8 Å². The minimum atomic E-state index is -0.0679. The number of aromatic nitrogens is 8. The molecule has 8 heteroatoms. The van der Waals surface area contributed by atoms with E-state index in [2.05, 4.69) is 201 Å². The molecule has 0 fully saturated rings. The minimum absolute atomic E-state index is 0.0679. The van der Waals surface area contributed by atoms with Crippen LogP contribution in [0.2, 0.25) is 0 Å². The fourth-order valence-corrected chi connectivity index (χ4v) is 11.4. The van der Waals surface area contributed by atoms with Crippen LogP contribution in [0, 0.1) is 0 Å². The third-order valence-corrected chi connectivity index (χ3v) is 15.3. The standard InChI is InChI=1S/C69H54N8/c1-68(2,3)48-33-35-56-52(41-48)53-42-49(69(4,5)6)34-36-57(53)77(56)64-60(75-54-25-15-13-23-50(54)62-58(75)27-17-37-70-62)39-47(40-61(64)76-55-26-16-14-24-51(55)63-59(76)28-18-38-71-63)43-29-31-46(32-30-43)67-73-65(44-19-9-7-10-20-44)72-66(74-67)45-21-11-8-12-22-45/h7-42H,1-6H3. The molecule has 0 saturated carbocycles. The molecule has 0 aliphatic heterocycles. The molecule has 6 aromatic heterocycles. The molecule has 0 saturated heterocycles. The number of pyridine rings is 2. The summed E-state index contributed by atoms with van der Waals surface area (Å²) in [4.78, 5) is 25.3. The molecule has 0 amide bonds. The highest BCUT2D eigenvalue weighted by Crippen LogP contribution is 2.46. The van der Waals surface area contributed by atoms with Crippen LogP contribution < -0.4 is 0 Å². The summed E-state index contributed by atoms with van der Waals surface area (Å²) in [5.41, 5.74) is 18.6. The van der Waals surface area contributed by atoms with E-state index >= 15 is 0 Å². The number of rotatable bonds is 7. The van der Waals surface area contributed by atoms with E-state index in [1.54, 1.807) is 0 Å². The maximum Gasteiger partial charge on any atom is 0.164 e. The molecule has 0 aliphatic carbocycles. The van der Waals surface area contributed by atoms with Gasteiger partial charge in [0, 0.05) is 50.6 Å². The second kappa shape index (κ2) is 17.5. The summed E-state index contributed by atoms with van der Waals surface area (Å²) in [5, 5.41) is 4.60. The molecule has 0 N–H and O–H groups in total. The van der Waals surface area contributed by atoms with Gasteiger partial charge < -0.3 is 13.7 Å². The smallest absolute Gasteiger partial charge is 0.164 e. The summed E-state index contributed by atoms with van der Waals surface area (Å²) < 4.78 is 7.41. The van der Waals surface area contributed by atoms with Gasteiger partial charge in [0.2, 0.25) is 0 Å². The van der Waals surface area contributed by atoms with Gasteiger partial charge in [-0.05, 0) is 106 Å². The molecule has 14 aromatic rings. The zero-order valence-electron chi connectivity index (χ0n) is 43.9. The van der Waals surface area contributed by atoms with Crippen LogP contribution in [0.4, 0.5) is 0 Å². The summed E-state index contributed by atoms with van der Waals surface area (Å²) in [6.45, 7) is 13.8. The number of nitrogens with zero attached hydrogens (tertiary/aromatic N) is 8. The lowest BCUT2D eigenvalue weighted by Gasteiger charge is -2.24. The quantitative estimate of drug-likeness (QED) is 0.159. The fourth-order valence-electron chi connectivity index (χ4n) is 11.4. The molecular weight excluding hydrogens is 941 g/mol. The summed E-state index contributed by atoms with van der Waals surface area (Å²) in [7, 11) is 0. The van der Waals surface area contributed by atoms with Crippen molar-refractivity contribution in [3.63, 3.8) is 0 Å². The first-order chi connectivity index (χ1) is 37.5. The Labute approximate surface area is 446 Å². The van der Waals surface area contributed by atoms with Crippen LogP contribution in [0.15, 0.2) is 219 Å². The van der Waals surface area contributed by atoms with Gasteiger partial charge in [0.1, 0.15) is 0 Å². The van der Waals surface area contributed by atoms with Crippen molar-refractivity contribution >= 4 is 65.7 Å². The molecule has 0 spiro atoms. The molecular formula is C69H54N8. The Morgan fingerprint density at radius 2 is 0.675 bits per heavy atom. The topological polar surface area (TPSA) is 79.2 Å². The number of fused-ring (bicyclic) bond motifs is 9. The molecule has 370 valence electrons. The van der Waals surface area contributed by atoms with Gasteiger partial charge in [-0.25, -0.2) is 15.0 Å². The zero-order chi connectivity index (χ0) is 52.2. The Balaban J connectivity index is 1.11. The molecule has 8 nitrogen and oxygen atoms in total. The van der Waals surface area contributed by atoms with Crippen LogP contribution in [-0.4, -0.2) is 38.6 Å². The van der Waals surface area contributed by atoms with E-state index in [0.29, 0.717) is 17.5 Å². The van der Waals surface area contributed by atoms with Crippen molar-refractivity contribution in [1.29, 1.82) is 0 Å². The predicted molar refractivity (Wildman–Crippen MR) is 318 cm³/mol. The zero-order valence-corrected chi connectivity index (χ0v) is 43.9. The maximum absolute atomic E-state index is 5.10. The minimum Gasteiger partial charge on any atom is -0.305 e. The highest BCUT2D eigenvalue weighted by atomic mass is 15.1. The molecule has 6 heterocycles. The lowest BCUT2D eigenvalue weighted by Crippen LogP contribution is -2.11. The van der Waals surface area contributed by atoms with E-state index < -0.39 is 0 Å². The van der Waals surface area contributed by atoms with Crippen LogP contribution >= 0.6 is 0 Å². The first-order valence-corrected chi connectivity index (χ1v) is 26.4. The molecule has 0 unspecified atom stereocenters. The average molecular weight is 995 g/mol. The predicted octanol–water partition coefficient (Wildman–Crippen LogP) is 17.2. The van der Waals surface area contributed by atoms with E-state index in [4.69, 9.17) is 24.9 Å². The van der Waals surface area contributed by atoms with Crippen molar-refractivity contribution < 1.29 is 0 Å². The van der Waals surface area contributed by atoms with Crippen LogP contribution in [0.3, 0.4) is 0 Å². The van der Waals surface area contributed by atoms with Crippen LogP contribution in [0.5, 0.6) is 0 Å². The Morgan fingerprint density at radius 3 is 1.12 bits per heavy atom. The van der Waals surface area contributed by atoms with E-state index in [1.807, 2.05) is 73.1 Å². The average Bonchev–Trinajstić information content (AvgIpc) is 4.21. The van der Waals surface area contributed by atoms with E-state index in [9.17, 15) is 0 Å². The number of hydrogen-bond donors (Lipinski definition) is 0. The highest BCUT2D eigenvalue weighted by molar-refractivity contribution is 6.13. The third kappa shape index (κ3) is 7.62. The van der Waals surface area contributed by atoms with Crippen molar-refractivity contribution in [3.05, 3.63) is 230 Å². The van der Waals surface area contributed by atoms with Gasteiger partial charge in [-0.1, -0.05) is 175 Å². The summed E-state index contributed by atoms with van der Waals surface area (Å²) in [6.07, 6.45) is 3.80. The first-order valence-electron chi connectivity index (χ1n) is 26.4. The van der Waals surface area contributed by atoms with Gasteiger partial charge >= 0.3 is 0 Å². The van der Waals surface area contributed by atoms with Gasteiger partial charge in [0.05, 0.1) is 61.2 Å². The summed E-state index contributed by atoms with van der Waals surface area (Å²) in [6, 6.07) is 73.8. The molecule has 0 aliphatic rings. The van der Waals surface area contributed by atoms with Gasteiger partial charge in [-0.3, -0.25) is 9.97 Å². The summed E-state index contributed by atoms with van der Waals surface area (Å²) >= 11 is 0. The molecule has 8 aromatic carbocycles. The number of benzene rings is 8. The lowest BCUT2D eigenvalue weighted by molar-refractivity contribution is 0.590.